The Kier molecular flexibility index (Phi) is 19.0. The smallest absolute Gasteiger partial charge is 0.411 e. The number of carbonyl (C=O) groups excluding carboxylic acids is 5. The van der Waals surface area contributed by atoms with Crippen LogP contribution in [-0.4, -0.2) is 136 Å². The van der Waals surface area contributed by atoms with Crippen molar-refractivity contribution in [1.82, 2.24) is 40.8 Å². The van der Waals surface area contributed by atoms with Gasteiger partial charge in [-0.3, -0.25) is 14.5 Å². The Hall–Kier alpha value is -7.69. The summed E-state index contributed by atoms with van der Waals surface area (Å²) in [5, 5.41) is 16.4. The number of aromatic nitrogens is 4. The van der Waals surface area contributed by atoms with E-state index in [0.717, 1.165) is 60.3 Å². The first-order chi connectivity index (χ1) is 41.4. The van der Waals surface area contributed by atoms with Crippen molar-refractivity contribution >= 4 is 74.3 Å². The number of hydrogen-bond donors (Lipinski definition) is 3. The van der Waals surface area contributed by atoms with Gasteiger partial charge in [-0.15, -0.1) is 35.8 Å². The van der Waals surface area contributed by atoms with Crippen molar-refractivity contribution in [2.75, 3.05) is 40.5 Å². The van der Waals surface area contributed by atoms with Gasteiger partial charge in [-0.2, -0.15) is 0 Å². The number of esters is 2. The molecule has 10 rings (SSSR count). The lowest BCUT2D eigenvalue weighted by molar-refractivity contribution is -0.149. The van der Waals surface area contributed by atoms with Gasteiger partial charge >= 0.3 is 18.0 Å². The molecule has 2 aliphatic heterocycles. The Morgan fingerprint density at radius 3 is 1.59 bits per heavy atom. The highest BCUT2D eigenvalue weighted by Gasteiger charge is 2.63. The molecule has 0 unspecified atom stereocenters. The molecule has 0 bridgehead atoms. The number of aryl methyl sites for hydroxylation is 2. The summed E-state index contributed by atoms with van der Waals surface area (Å²) in [6, 6.07) is 9.97. The fraction of sp³-hybridized carbons (Fsp3) is 0.492. The van der Waals surface area contributed by atoms with Crippen LogP contribution in [0.3, 0.4) is 0 Å². The van der Waals surface area contributed by atoms with Crippen LogP contribution in [0.2, 0.25) is 0 Å². The highest BCUT2D eigenvalue weighted by atomic mass is 32.1. The molecule has 3 N–H and O–H groups in total. The Balaban J connectivity index is 0.000000210. The number of pyridine rings is 2. The number of carbonyl (C=O) groups is 5. The standard InChI is InChI=1S/C35H44N4O7S.C30H36N4O5S/c1-10-21-16-35(21,32(41)44-11-2)38-30(40)26-14-22(17-39(26)33(42)46-34(6,7)8)45-28-15-24(31-37-25(18-47-31)19(3)4)36-29-20(5)27(43-9)13-12-23(28)29;1-7-18-13-30(18,29(36)38-8-2)34-27(35)21-11-19(14-31-21)39-25-12-22(28-33-23(15-40-28)16(3)4)32-26-17(5)24(37-6)10-9-20(25)26/h10,12-13,15,18-19,21-22,26H,1,11,14,16-17H2,2-9H3,(H,38,40);7,9-10,12,15-16,18-19,21,31H,1,8,11,13-14H2,2-6H3,(H,34,35)/t21-,22-,26+,35-;18-,19-,21+,30-/m11/s1. The van der Waals surface area contributed by atoms with Gasteiger partial charge < -0.3 is 49.1 Å². The van der Waals surface area contributed by atoms with E-state index in [1.807, 2.05) is 55.6 Å². The predicted octanol–water partition coefficient (Wildman–Crippen LogP) is 10.7. The van der Waals surface area contributed by atoms with Crippen LogP contribution in [0.1, 0.15) is 122 Å². The molecule has 6 aromatic rings. The van der Waals surface area contributed by atoms with Gasteiger partial charge in [-0.05, 0) is 97.4 Å². The number of nitrogens with zero attached hydrogens (tertiary/aromatic N) is 5. The van der Waals surface area contributed by atoms with Crippen molar-refractivity contribution in [3.8, 4) is 44.4 Å². The lowest BCUT2D eigenvalue weighted by Gasteiger charge is -2.28. The normalized spacial score (nSPS) is 22.9. The Bertz CT molecular complexity index is 3610. The van der Waals surface area contributed by atoms with Crippen LogP contribution in [0.4, 0.5) is 4.79 Å². The summed E-state index contributed by atoms with van der Waals surface area (Å²) in [6.45, 7) is 29.7. The van der Waals surface area contributed by atoms with Crippen molar-refractivity contribution in [1.29, 1.82) is 0 Å². The van der Waals surface area contributed by atoms with Crippen LogP contribution in [0.5, 0.6) is 23.0 Å². The second-order valence-electron chi connectivity index (χ2n) is 24.1. The van der Waals surface area contributed by atoms with E-state index in [1.165, 1.54) is 16.2 Å². The zero-order chi connectivity index (χ0) is 62.9. The lowest BCUT2D eigenvalue weighted by atomic mass is 10.1. The number of hydrogen-bond acceptors (Lipinski definition) is 19. The van der Waals surface area contributed by atoms with Gasteiger partial charge in [0.15, 0.2) is 0 Å². The summed E-state index contributed by atoms with van der Waals surface area (Å²) in [5.41, 5.74) is 3.62. The van der Waals surface area contributed by atoms with Crippen LogP contribution in [-0.2, 0) is 33.4 Å². The second kappa shape index (κ2) is 25.9. The third-order valence-corrected chi connectivity index (χ3v) is 17.9. The molecule has 20 nitrogen and oxygen atoms in total. The minimum atomic E-state index is -1.21. The first-order valence-electron chi connectivity index (χ1n) is 29.6. The Morgan fingerprint density at radius 2 is 1.17 bits per heavy atom. The summed E-state index contributed by atoms with van der Waals surface area (Å²) in [6.07, 6.45) is 3.36. The summed E-state index contributed by atoms with van der Waals surface area (Å²) in [5.74, 6) is 1.19. The summed E-state index contributed by atoms with van der Waals surface area (Å²) in [4.78, 5) is 87.0. The van der Waals surface area contributed by atoms with Crippen molar-refractivity contribution in [2.45, 2.75) is 155 Å². The van der Waals surface area contributed by atoms with E-state index < -0.39 is 58.8 Å². The number of likely N-dealkylation sites (tertiary alicyclic amines) is 1. The highest BCUT2D eigenvalue weighted by Crippen LogP contribution is 2.47. The molecule has 2 aliphatic carbocycles. The van der Waals surface area contributed by atoms with Crippen molar-refractivity contribution in [2.24, 2.45) is 11.8 Å². The van der Waals surface area contributed by atoms with E-state index >= 15 is 0 Å². The molecule has 464 valence electrons. The number of benzene rings is 2. The van der Waals surface area contributed by atoms with E-state index in [4.69, 9.17) is 53.1 Å². The molecular weight excluding hydrogens is 1150 g/mol. The minimum Gasteiger partial charge on any atom is -0.496 e. The van der Waals surface area contributed by atoms with Gasteiger partial charge in [0, 0.05) is 76.0 Å². The third-order valence-electron chi connectivity index (χ3n) is 16.2. The highest BCUT2D eigenvalue weighted by molar-refractivity contribution is 7.13. The van der Waals surface area contributed by atoms with E-state index in [9.17, 15) is 24.0 Å². The number of rotatable bonds is 20. The summed E-state index contributed by atoms with van der Waals surface area (Å²) >= 11 is 3.07. The summed E-state index contributed by atoms with van der Waals surface area (Å²) < 4.78 is 40.5. The first kappa shape index (κ1) is 63.8. The molecular formula is C65H80N8O12S2. The zero-order valence-corrected chi connectivity index (χ0v) is 53.5. The molecule has 22 heteroatoms. The zero-order valence-electron chi connectivity index (χ0n) is 51.9. The van der Waals surface area contributed by atoms with E-state index in [2.05, 4.69) is 62.2 Å². The predicted molar refractivity (Wildman–Crippen MR) is 335 cm³/mol. The maximum atomic E-state index is 13.9. The second-order valence-corrected chi connectivity index (χ2v) is 25.8. The van der Waals surface area contributed by atoms with Gasteiger partial charge in [0.1, 0.15) is 79.3 Å². The van der Waals surface area contributed by atoms with Crippen LogP contribution in [0.25, 0.3) is 43.2 Å². The molecule has 87 heavy (non-hydrogen) atoms. The van der Waals surface area contributed by atoms with Crippen LogP contribution < -0.4 is 34.9 Å². The van der Waals surface area contributed by atoms with Gasteiger partial charge in [0.2, 0.25) is 11.8 Å². The van der Waals surface area contributed by atoms with Gasteiger partial charge in [0.25, 0.3) is 0 Å². The molecule has 6 heterocycles. The fourth-order valence-corrected chi connectivity index (χ4v) is 13.0. The third kappa shape index (κ3) is 13.4. The molecule has 0 radical (unpaired) electrons. The fourth-order valence-electron chi connectivity index (χ4n) is 11.1. The number of nitrogens with one attached hydrogen (secondary N) is 3. The van der Waals surface area contributed by atoms with Crippen LogP contribution in [0, 0.1) is 25.7 Å². The first-order valence-corrected chi connectivity index (χ1v) is 31.4. The molecule has 2 saturated carbocycles. The number of amides is 3. The van der Waals surface area contributed by atoms with E-state index in [0.29, 0.717) is 60.2 Å². The van der Waals surface area contributed by atoms with E-state index in [1.54, 1.807) is 72.3 Å². The van der Waals surface area contributed by atoms with Crippen LogP contribution in [0.15, 0.2) is 72.5 Å². The monoisotopic (exact) mass is 1230 g/mol. The maximum absolute atomic E-state index is 13.9. The van der Waals surface area contributed by atoms with Crippen LogP contribution >= 0.6 is 22.7 Å². The molecule has 2 saturated heterocycles. The lowest BCUT2D eigenvalue weighted by Crippen LogP contribution is -2.53. The number of thiazole rings is 2. The number of fused-ring (bicyclic) bond motifs is 2. The van der Waals surface area contributed by atoms with Crippen molar-refractivity contribution in [3.63, 3.8) is 0 Å². The average molecular weight is 1230 g/mol. The van der Waals surface area contributed by atoms with Gasteiger partial charge in [-0.25, -0.2) is 34.3 Å². The molecule has 4 fully saturated rings. The quantitative estimate of drug-likeness (QED) is 0.0366. The molecule has 0 spiro atoms. The van der Waals surface area contributed by atoms with Crippen molar-refractivity contribution < 1.29 is 57.1 Å². The largest absolute Gasteiger partial charge is 0.496 e. The molecule has 2 aromatic carbocycles. The SMILES string of the molecule is C=C[C@@H]1C[C@]1(NC(=O)[C@@H]1C[C@@H](Oc2cc(-c3nc(C(C)C)cs3)nc3c(C)c(OC)ccc23)CN1)C(=O)OCC.C=C[C@@H]1C[C@]1(NC(=O)[C@@H]1C[C@@H](Oc2cc(-c3nc(C(C)C)cs3)nc3c(C)c(OC)ccc23)CN1C(=O)OC(C)(C)C)C(=O)OCC. The molecule has 4 aliphatic rings. The molecule has 4 aromatic heterocycles. The Morgan fingerprint density at radius 1 is 0.701 bits per heavy atom. The maximum Gasteiger partial charge on any atom is 0.411 e. The number of ether oxygens (including phenoxy) is 7. The minimum absolute atomic E-state index is 0.0906. The summed E-state index contributed by atoms with van der Waals surface area (Å²) in [7, 11) is 3.26. The van der Waals surface area contributed by atoms with E-state index in [-0.39, 0.29) is 55.9 Å². The molecule has 8 atom stereocenters. The molecule has 3 amide bonds. The van der Waals surface area contributed by atoms with Gasteiger partial charge in [-0.1, -0.05) is 39.8 Å². The average Bonchev–Trinajstić information content (AvgIpc) is 2.18. The van der Waals surface area contributed by atoms with Crippen molar-refractivity contribution in [3.05, 3.63) is 95.0 Å². The Labute approximate surface area is 516 Å². The van der Waals surface area contributed by atoms with Gasteiger partial charge in [0.05, 0.1) is 62.4 Å². The number of methoxy groups -OCH3 is 2. The topological polar surface area (TPSA) is 241 Å².